The highest BCUT2D eigenvalue weighted by molar-refractivity contribution is 9.10. The summed E-state index contributed by atoms with van der Waals surface area (Å²) in [6.07, 6.45) is 1.66. The van der Waals surface area contributed by atoms with E-state index in [2.05, 4.69) is 49.4 Å². The van der Waals surface area contributed by atoms with E-state index in [-0.39, 0.29) is 10.2 Å². The predicted molar refractivity (Wildman–Crippen MR) is 120 cm³/mol. The van der Waals surface area contributed by atoms with Crippen molar-refractivity contribution in [1.29, 1.82) is 0 Å². The molecule has 1 amide bonds. The quantitative estimate of drug-likeness (QED) is 0.342. The number of thiocarbonyl (C=S) groups is 2. The first-order valence-electron chi connectivity index (χ1n) is 8.02. The Hall–Kier alpha value is -2.82. The number of carbonyl (C=O) groups is 1. The minimum Gasteiger partial charge on any atom is -0.375 e. The third-order valence-corrected chi connectivity index (χ3v) is 4.46. The SMILES string of the molecule is NC(=S)NNC(=S)NC(=O)c1cn(-c2ccccc2)nc1-c1ccc(Br)cc1. The lowest BCUT2D eigenvalue weighted by Crippen LogP contribution is -2.50. The second-order valence-electron chi connectivity index (χ2n) is 5.58. The molecule has 5 N–H and O–H groups in total. The van der Waals surface area contributed by atoms with Gasteiger partial charge in [0.05, 0.1) is 11.3 Å². The Morgan fingerprint density at radius 1 is 1.04 bits per heavy atom. The highest BCUT2D eigenvalue weighted by Gasteiger charge is 2.19. The molecule has 0 unspecified atom stereocenters. The fraction of sp³-hybridized carbons (Fsp3) is 0. The lowest BCUT2D eigenvalue weighted by Gasteiger charge is -2.10. The summed E-state index contributed by atoms with van der Waals surface area (Å²) < 4.78 is 2.58. The van der Waals surface area contributed by atoms with Crippen molar-refractivity contribution in [3.63, 3.8) is 0 Å². The Morgan fingerprint density at radius 3 is 2.36 bits per heavy atom. The van der Waals surface area contributed by atoms with Gasteiger partial charge in [-0.1, -0.05) is 46.3 Å². The molecule has 28 heavy (non-hydrogen) atoms. The molecule has 0 spiro atoms. The summed E-state index contributed by atoms with van der Waals surface area (Å²) >= 11 is 13.2. The van der Waals surface area contributed by atoms with Crippen molar-refractivity contribution in [3.05, 3.63) is 70.8 Å². The van der Waals surface area contributed by atoms with Gasteiger partial charge < -0.3 is 5.73 Å². The van der Waals surface area contributed by atoms with Crippen molar-refractivity contribution in [2.24, 2.45) is 5.73 Å². The maximum Gasteiger partial charge on any atom is 0.261 e. The number of halogens is 1. The molecule has 3 rings (SSSR count). The third kappa shape index (κ3) is 4.91. The van der Waals surface area contributed by atoms with Crippen molar-refractivity contribution >= 4 is 56.5 Å². The second-order valence-corrected chi connectivity index (χ2v) is 7.34. The van der Waals surface area contributed by atoms with Gasteiger partial charge in [-0.15, -0.1) is 0 Å². The smallest absolute Gasteiger partial charge is 0.261 e. The van der Waals surface area contributed by atoms with Crippen LogP contribution in [0, 0.1) is 0 Å². The Balaban J connectivity index is 1.94. The number of nitrogens with zero attached hydrogens (tertiary/aromatic N) is 2. The lowest BCUT2D eigenvalue weighted by atomic mass is 10.1. The van der Waals surface area contributed by atoms with E-state index in [4.69, 9.17) is 18.0 Å². The Labute approximate surface area is 180 Å². The van der Waals surface area contributed by atoms with Crippen molar-refractivity contribution in [3.8, 4) is 16.9 Å². The number of nitrogens with two attached hydrogens (primary N) is 1. The number of hydrogen-bond acceptors (Lipinski definition) is 4. The summed E-state index contributed by atoms with van der Waals surface area (Å²) in [4.78, 5) is 12.8. The molecule has 0 aliphatic rings. The first-order chi connectivity index (χ1) is 13.4. The zero-order valence-corrected chi connectivity index (χ0v) is 17.6. The van der Waals surface area contributed by atoms with Gasteiger partial charge in [-0.2, -0.15) is 5.10 Å². The molecule has 1 aromatic heterocycles. The van der Waals surface area contributed by atoms with E-state index in [1.54, 1.807) is 10.9 Å². The van der Waals surface area contributed by atoms with Crippen LogP contribution in [-0.4, -0.2) is 25.9 Å². The van der Waals surface area contributed by atoms with E-state index in [1.807, 2.05) is 54.6 Å². The van der Waals surface area contributed by atoms with Crippen LogP contribution in [0.3, 0.4) is 0 Å². The molecule has 3 aromatic rings. The first-order valence-corrected chi connectivity index (χ1v) is 9.63. The zero-order chi connectivity index (χ0) is 20.1. The number of rotatable bonds is 3. The molecular formula is C18H15BrN6OS2. The molecule has 0 aliphatic carbocycles. The zero-order valence-electron chi connectivity index (χ0n) is 14.3. The van der Waals surface area contributed by atoms with Crippen molar-refractivity contribution in [1.82, 2.24) is 25.9 Å². The number of para-hydroxylation sites is 1. The summed E-state index contributed by atoms with van der Waals surface area (Å²) in [7, 11) is 0. The molecule has 0 aliphatic heterocycles. The second kappa shape index (κ2) is 8.91. The number of amides is 1. The number of hydrazine groups is 1. The van der Waals surface area contributed by atoms with Gasteiger partial charge in [0.1, 0.15) is 5.69 Å². The number of benzene rings is 2. The van der Waals surface area contributed by atoms with Gasteiger partial charge in [0.15, 0.2) is 10.2 Å². The molecule has 0 atom stereocenters. The molecule has 0 radical (unpaired) electrons. The van der Waals surface area contributed by atoms with E-state index in [0.29, 0.717) is 11.3 Å². The van der Waals surface area contributed by atoms with Crippen LogP contribution in [0.25, 0.3) is 16.9 Å². The van der Waals surface area contributed by atoms with Crippen LogP contribution in [0.15, 0.2) is 65.3 Å². The summed E-state index contributed by atoms with van der Waals surface area (Å²) in [6.45, 7) is 0. The van der Waals surface area contributed by atoms with E-state index < -0.39 is 5.91 Å². The topological polar surface area (TPSA) is 97.0 Å². The van der Waals surface area contributed by atoms with Crippen molar-refractivity contribution < 1.29 is 4.79 Å². The van der Waals surface area contributed by atoms with Crippen molar-refractivity contribution in [2.45, 2.75) is 0 Å². The summed E-state index contributed by atoms with van der Waals surface area (Å²) in [5.41, 5.74) is 12.8. The molecule has 0 saturated carbocycles. The van der Waals surface area contributed by atoms with Crippen LogP contribution in [0.5, 0.6) is 0 Å². The molecule has 0 bridgehead atoms. The fourth-order valence-electron chi connectivity index (χ4n) is 2.39. The number of carbonyl (C=O) groups excluding carboxylic acids is 1. The standard InChI is InChI=1S/C18H15BrN6OS2/c19-12-8-6-11(7-9-12)15-14(16(26)21-18(28)23-22-17(20)27)10-25(24-15)13-4-2-1-3-5-13/h1-10H,(H3,20,22,27)(H2,21,23,26,28). The Bertz CT molecular complexity index is 1020. The monoisotopic (exact) mass is 474 g/mol. The molecule has 7 nitrogen and oxygen atoms in total. The largest absolute Gasteiger partial charge is 0.375 e. The van der Waals surface area contributed by atoms with E-state index in [1.165, 1.54) is 0 Å². The molecular weight excluding hydrogens is 460 g/mol. The summed E-state index contributed by atoms with van der Waals surface area (Å²) in [6, 6.07) is 17.0. The lowest BCUT2D eigenvalue weighted by molar-refractivity contribution is 0.0977. The van der Waals surface area contributed by atoms with Crippen LogP contribution in [0.2, 0.25) is 0 Å². The predicted octanol–water partition coefficient (Wildman–Crippen LogP) is 2.65. The van der Waals surface area contributed by atoms with Gasteiger partial charge in [-0.3, -0.25) is 21.0 Å². The van der Waals surface area contributed by atoms with Crippen molar-refractivity contribution in [2.75, 3.05) is 0 Å². The van der Waals surface area contributed by atoms with Gasteiger partial charge in [0, 0.05) is 16.2 Å². The van der Waals surface area contributed by atoms with Crippen LogP contribution >= 0.6 is 40.4 Å². The average molecular weight is 475 g/mol. The number of aromatic nitrogens is 2. The molecule has 0 saturated heterocycles. The van der Waals surface area contributed by atoms with Crippen LogP contribution in [-0.2, 0) is 0 Å². The Morgan fingerprint density at radius 2 is 1.71 bits per heavy atom. The summed E-state index contributed by atoms with van der Waals surface area (Å²) in [5.74, 6) is -0.415. The molecule has 10 heteroatoms. The fourth-order valence-corrected chi connectivity index (χ4v) is 2.85. The maximum absolute atomic E-state index is 12.8. The van der Waals surface area contributed by atoms with E-state index >= 15 is 0 Å². The molecule has 1 heterocycles. The van der Waals surface area contributed by atoms with Crippen LogP contribution in [0.1, 0.15) is 10.4 Å². The molecule has 0 fully saturated rings. The number of hydrogen-bond donors (Lipinski definition) is 4. The van der Waals surface area contributed by atoms with E-state index in [0.717, 1.165) is 15.7 Å². The minimum atomic E-state index is -0.415. The van der Waals surface area contributed by atoms with Gasteiger partial charge in [0.25, 0.3) is 5.91 Å². The Kier molecular flexibility index (Phi) is 6.34. The van der Waals surface area contributed by atoms with E-state index in [9.17, 15) is 4.79 Å². The average Bonchev–Trinajstić information content (AvgIpc) is 3.13. The highest BCUT2D eigenvalue weighted by Crippen LogP contribution is 2.25. The number of nitrogens with one attached hydrogen (secondary N) is 3. The van der Waals surface area contributed by atoms with Crippen LogP contribution < -0.4 is 21.9 Å². The van der Waals surface area contributed by atoms with Gasteiger partial charge >= 0.3 is 0 Å². The maximum atomic E-state index is 12.8. The van der Waals surface area contributed by atoms with Gasteiger partial charge in [-0.05, 0) is 48.7 Å². The minimum absolute atomic E-state index is 0.00375. The summed E-state index contributed by atoms with van der Waals surface area (Å²) in [5, 5.41) is 7.22. The highest BCUT2D eigenvalue weighted by atomic mass is 79.9. The first kappa shape index (κ1) is 19.9. The molecule has 2 aromatic carbocycles. The normalized spacial score (nSPS) is 10.2. The third-order valence-electron chi connectivity index (χ3n) is 3.62. The van der Waals surface area contributed by atoms with Gasteiger partial charge in [0.2, 0.25) is 0 Å². The van der Waals surface area contributed by atoms with Gasteiger partial charge in [-0.25, -0.2) is 4.68 Å². The molecule has 142 valence electrons. The van der Waals surface area contributed by atoms with Crippen LogP contribution in [0.4, 0.5) is 0 Å².